The Kier molecular flexibility index (Phi) is 2.64. The third-order valence-electron chi connectivity index (χ3n) is 2.21. The summed E-state index contributed by atoms with van der Waals surface area (Å²) in [5.74, 6) is 0.590. The molecule has 0 fully saturated rings. The second-order valence-corrected chi connectivity index (χ2v) is 4.39. The van der Waals surface area contributed by atoms with Gasteiger partial charge in [-0.2, -0.15) is 0 Å². The van der Waals surface area contributed by atoms with Crippen LogP contribution in [0.3, 0.4) is 0 Å². The summed E-state index contributed by atoms with van der Waals surface area (Å²) in [5, 5.41) is 4.04. The van der Waals surface area contributed by atoms with Crippen LogP contribution in [0.2, 0.25) is 0 Å². The van der Waals surface area contributed by atoms with Gasteiger partial charge in [-0.25, -0.2) is 4.98 Å². The van der Waals surface area contributed by atoms with Crippen molar-refractivity contribution in [1.82, 2.24) is 4.98 Å². The fourth-order valence-electron chi connectivity index (χ4n) is 1.34. The first-order valence-electron chi connectivity index (χ1n) is 4.69. The van der Waals surface area contributed by atoms with Crippen LogP contribution < -0.4 is 0 Å². The molecule has 2 rings (SSSR count). The van der Waals surface area contributed by atoms with Crippen LogP contribution in [-0.2, 0) is 0 Å². The maximum Gasteiger partial charge on any atom is 0.123 e. The van der Waals surface area contributed by atoms with Crippen molar-refractivity contribution in [2.24, 2.45) is 0 Å². The second-order valence-electron chi connectivity index (χ2n) is 3.56. The molecule has 1 radical (unpaired) electrons. The van der Waals surface area contributed by atoms with Gasteiger partial charge in [0, 0.05) is 11.8 Å². The summed E-state index contributed by atoms with van der Waals surface area (Å²) >= 11 is 1.55. The third kappa shape index (κ3) is 1.85. The van der Waals surface area contributed by atoms with Crippen LogP contribution in [0.5, 0.6) is 0 Å². The molecule has 0 saturated heterocycles. The Labute approximate surface area is 88.4 Å². The number of thiazole rings is 1. The lowest BCUT2D eigenvalue weighted by Gasteiger charge is -2.04. The van der Waals surface area contributed by atoms with Gasteiger partial charge in [-0.15, -0.1) is 11.3 Å². The Balaban J connectivity index is 2.31. The molecule has 0 unspecified atom stereocenters. The normalized spacial score (nSPS) is 10.8. The number of nitrogens with zero attached hydrogens (tertiary/aromatic N) is 1. The van der Waals surface area contributed by atoms with Crippen LogP contribution in [-0.4, -0.2) is 4.98 Å². The molecule has 71 valence electrons. The van der Waals surface area contributed by atoms with Gasteiger partial charge in [0.2, 0.25) is 0 Å². The van der Waals surface area contributed by atoms with Gasteiger partial charge >= 0.3 is 0 Å². The van der Waals surface area contributed by atoms with E-state index in [9.17, 15) is 0 Å². The number of benzene rings is 1. The molecule has 14 heavy (non-hydrogen) atoms. The van der Waals surface area contributed by atoms with E-state index in [0.29, 0.717) is 5.92 Å². The molecular formula is C12H12NS. The summed E-state index contributed by atoms with van der Waals surface area (Å²) in [7, 11) is 0. The van der Waals surface area contributed by atoms with Gasteiger partial charge in [0.25, 0.3) is 0 Å². The van der Waals surface area contributed by atoms with Crippen molar-refractivity contribution in [2.75, 3.05) is 0 Å². The van der Waals surface area contributed by atoms with E-state index in [1.165, 1.54) is 11.1 Å². The molecule has 1 heterocycles. The first-order chi connectivity index (χ1) is 6.77. The quantitative estimate of drug-likeness (QED) is 0.723. The Hall–Kier alpha value is -1.15. The lowest BCUT2D eigenvalue weighted by atomic mass is 10.0. The van der Waals surface area contributed by atoms with Crippen molar-refractivity contribution in [3.05, 3.63) is 41.4 Å². The van der Waals surface area contributed by atoms with Gasteiger partial charge in [-0.3, -0.25) is 0 Å². The zero-order valence-corrected chi connectivity index (χ0v) is 9.14. The van der Waals surface area contributed by atoms with Crippen LogP contribution in [0.25, 0.3) is 10.6 Å². The molecule has 2 aromatic rings. The van der Waals surface area contributed by atoms with Crippen molar-refractivity contribution in [2.45, 2.75) is 19.8 Å². The highest BCUT2D eigenvalue weighted by Gasteiger charge is 2.02. The maximum atomic E-state index is 4.22. The molecule has 0 spiro atoms. The molecule has 0 N–H and O–H groups in total. The molecule has 0 bridgehead atoms. The van der Waals surface area contributed by atoms with Crippen LogP contribution in [0.1, 0.15) is 25.3 Å². The molecule has 1 nitrogen and oxygen atoms in total. The van der Waals surface area contributed by atoms with Gasteiger partial charge in [-0.1, -0.05) is 38.1 Å². The van der Waals surface area contributed by atoms with Gasteiger partial charge in [0.15, 0.2) is 0 Å². The molecule has 0 atom stereocenters. The number of hydrogen-bond acceptors (Lipinski definition) is 2. The monoisotopic (exact) mass is 202 g/mol. The second kappa shape index (κ2) is 3.93. The first kappa shape index (κ1) is 9.41. The maximum absolute atomic E-state index is 4.22. The Morgan fingerprint density at radius 3 is 2.43 bits per heavy atom. The standard InChI is InChI=1S/C12H12NS/c1-9(2)10-3-5-11(6-4-10)12-13-7-8-14-12/h3-7,9H,1-2H3. The summed E-state index contributed by atoms with van der Waals surface area (Å²) in [5.41, 5.74) is 2.55. The summed E-state index contributed by atoms with van der Waals surface area (Å²) in [6, 6.07) is 8.59. The van der Waals surface area contributed by atoms with Crippen molar-refractivity contribution in [3.63, 3.8) is 0 Å². The van der Waals surface area contributed by atoms with Gasteiger partial charge in [-0.05, 0) is 11.5 Å². The minimum atomic E-state index is 0.590. The third-order valence-corrected chi connectivity index (χ3v) is 2.97. The van der Waals surface area contributed by atoms with E-state index in [2.05, 4.69) is 48.5 Å². The van der Waals surface area contributed by atoms with Crippen LogP contribution in [0.4, 0.5) is 0 Å². The van der Waals surface area contributed by atoms with Crippen LogP contribution in [0.15, 0.2) is 30.5 Å². The topological polar surface area (TPSA) is 12.9 Å². The Morgan fingerprint density at radius 2 is 1.93 bits per heavy atom. The van der Waals surface area contributed by atoms with E-state index in [-0.39, 0.29) is 0 Å². The van der Waals surface area contributed by atoms with E-state index in [1.807, 2.05) is 0 Å². The lowest BCUT2D eigenvalue weighted by Crippen LogP contribution is -1.86. The molecule has 1 aromatic heterocycles. The minimum absolute atomic E-state index is 0.590. The van der Waals surface area contributed by atoms with E-state index in [1.54, 1.807) is 17.5 Å². The van der Waals surface area contributed by atoms with Gasteiger partial charge < -0.3 is 0 Å². The molecule has 2 heteroatoms. The zero-order chi connectivity index (χ0) is 9.97. The number of hydrogen-bond donors (Lipinski definition) is 0. The minimum Gasteiger partial charge on any atom is -0.244 e. The predicted octanol–water partition coefficient (Wildman–Crippen LogP) is 3.73. The predicted molar refractivity (Wildman–Crippen MR) is 60.5 cm³/mol. The smallest absolute Gasteiger partial charge is 0.123 e. The fraction of sp³-hybridized carbons (Fsp3) is 0.250. The Morgan fingerprint density at radius 1 is 1.21 bits per heavy atom. The van der Waals surface area contributed by atoms with Crippen LogP contribution in [0, 0.1) is 5.38 Å². The summed E-state index contributed by atoms with van der Waals surface area (Å²) in [6.07, 6.45) is 1.72. The largest absolute Gasteiger partial charge is 0.244 e. The highest BCUT2D eigenvalue weighted by Crippen LogP contribution is 2.23. The summed E-state index contributed by atoms with van der Waals surface area (Å²) < 4.78 is 0. The van der Waals surface area contributed by atoms with Crippen molar-refractivity contribution in [3.8, 4) is 10.6 Å². The highest BCUT2D eigenvalue weighted by atomic mass is 32.1. The number of aromatic nitrogens is 1. The molecule has 0 saturated carbocycles. The van der Waals surface area contributed by atoms with Crippen molar-refractivity contribution in [1.29, 1.82) is 0 Å². The summed E-state index contributed by atoms with van der Waals surface area (Å²) in [4.78, 5) is 4.22. The molecule has 0 aliphatic carbocycles. The zero-order valence-electron chi connectivity index (χ0n) is 8.32. The summed E-state index contributed by atoms with van der Waals surface area (Å²) in [6.45, 7) is 4.40. The van der Waals surface area contributed by atoms with Gasteiger partial charge in [0.1, 0.15) is 5.01 Å². The molecule has 0 aliphatic rings. The SMILES string of the molecule is CC(C)c1ccc(-c2nc[c]s2)cc1. The van der Waals surface area contributed by atoms with Gasteiger partial charge in [0.05, 0.1) is 5.38 Å². The van der Waals surface area contributed by atoms with E-state index in [0.717, 1.165) is 5.01 Å². The lowest BCUT2D eigenvalue weighted by molar-refractivity contribution is 0.867. The average Bonchev–Trinajstić information content (AvgIpc) is 2.71. The van der Waals surface area contributed by atoms with E-state index in [4.69, 9.17) is 0 Å². The highest BCUT2D eigenvalue weighted by molar-refractivity contribution is 7.12. The van der Waals surface area contributed by atoms with E-state index < -0.39 is 0 Å². The molecular weight excluding hydrogens is 190 g/mol. The molecule has 0 aliphatic heterocycles. The molecule has 0 amide bonds. The molecule has 1 aromatic carbocycles. The Bertz CT molecular complexity index is 387. The van der Waals surface area contributed by atoms with Crippen molar-refractivity contribution >= 4 is 11.3 Å². The number of rotatable bonds is 2. The fourth-order valence-corrected chi connectivity index (χ4v) is 1.91. The van der Waals surface area contributed by atoms with Crippen LogP contribution >= 0.6 is 11.3 Å². The average molecular weight is 202 g/mol. The first-order valence-corrected chi connectivity index (χ1v) is 5.51. The van der Waals surface area contributed by atoms with E-state index >= 15 is 0 Å². The van der Waals surface area contributed by atoms with Crippen molar-refractivity contribution < 1.29 is 0 Å².